The van der Waals surface area contributed by atoms with Gasteiger partial charge in [-0.25, -0.2) is 4.68 Å². The van der Waals surface area contributed by atoms with E-state index in [1.54, 1.807) is 25.1 Å². The molecule has 1 heterocycles. The Bertz CT molecular complexity index is 1120. The highest BCUT2D eigenvalue weighted by Crippen LogP contribution is 2.35. The number of alkyl halides is 3. The largest absolute Gasteiger partial charge is 0.493 e. The van der Waals surface area contributed by atoms with E-state index in [0.29, 0.717) is 21.7 Å². The summed E-state index contributed by atoms with van der Waals surface area (Å²) in [6, 6.07) is 10.9. The van der Waals surface area contributed by atoms with Crippen LogP contribution in [-0.2, 0) is 12.7 Å². The van der Waals surface area contributed by atoms with Crippen LogP contribution in [-0.4, -0.2) is 41.4 Å². The number of benzene rings is 2. The Morgan fingerprint density at radius 3 is 2.44 bits per heavy atom. The van der Waals surface area contributed by atoms with Crippen LogP contribution in [0.1, 0.15) is 28.5 Å². The molecule has 3 rings (SSSR count). The summed E-state index contributed by atoms with van der Waals surface area (Å²) in [5.41, 5.74) is -0.921. The first-order valence-corrected chi connectivity index (χ1v) is 9.98. The van der Waals surface area contributed by atoms with Crippen molar-refractivity contribution in [3.63, 3.8) is 0 Å². The average molecular weight is 468 g/mol. The fourth-order valence-corrected chi connectivity index (χ4v) is 3.46. The minimum absolute atomic E-state index is 0.0787. The molecular formula is C22H21ClF3N3O3. The van der Waals surface area contributed by atoms with Crippen LogP contribution in [0.15, 0.2) is 48.7 Å². The number of nitrogens with zero attached hydrogens (tertiary/aromatic N) is 3. The summed E-state index contributed by atoms with van der Waals surface area (Å²) in [5.74, 6) is 0.175. The zero-order chi connectivity index (χ0) is 23.5. The molecule has 3 aromatic rings. The Morgan fingerprint density at radius 1 is 1.12 bits per heavy atom. The van der Waals surface area contributed by atoms with E-state index in [2.05, 4.69) is 5.10 Å². The van der Waals surface area contributed by atoms with Crippen molar-refractivity contribution >= 4 is 17.5 Å². The fraction of sp³-hybridized carbons (Fsp3) is 0.273. The normalized spacial score (nSPS) is 11.3. The summed E-state index contributed by atoms with van der Waals surface area (Å²) in [6.45, 7) is 1.95. The second-order valence-corrected chi connectivity index (χ2v) is 7.24. The molecule has 32 heavy (non-hydrogen) atoms. The molecule has 0 unspecified atom stereocenters. The Kier molecular flexibility index (Phi) is 6.98. The van der Waals surface area contributed by atoms with Crippen LogP contribution in [0.25, 0.3) is 5.69 Å². The monoisotopic (exact) mass is 467 g/mol. The quantitative estimate of drug-likeness (QED) is 0.478. The number of methoxy groups -OCH3 is 2. The van der Waals surface area contributed by atoms with Crippen molar-refractivity contribution in [2.24, 2.45) is 0 Å². The van der Waals surface area contributed by atoms with E-state index in [0.717, 1.165) is 6.20 Å². The van der Waals surface area contributed by atoms with Gasteiger partial charge in [0.1, 0.15) is 0 Å². The molecule has 0 aliphatic rings. The van der Waals surface area contributed by atoms with Gasteiger partial charge < -0.3 is 14.4 Å². The fourth-order valence-electron chi connectivity index (χ4n) is 3.28. The molecule has 10 heteroatoms. The van der Waals surface area contributed by atoms with E-state index >= 15 is 0 Å². The smallest absolute Gasteiger partial charge is 0.434 e. The van der Waals surface area contributed by atoms with Crippen molar-refractivity contribution in [2.75, 3.05) is 20.8 Å². The van der Waals surface area contributed by atoms with E-state index in [4.69, 9.17) is 21.1 Å². The van der Waals surface area contributed by atoms with Gasteiger partial charge in [-0.05, 0) is 42.8 Å². The maximum Gasteiger partial charge on any atom is 0.434 e. The first kappa shape index (κ1) is 23.5. The molecule has 0 saturated carbocycles. The SMILES string of the molecule is CCN(Cc1ccc(OC)c(OC)c1)C(=O)c1cnn(-c2cccc(Cl)c2)c1C(F)(F)F. The van der Waals surface area contributed by atoms with Gasteiger partial charge in [0.15, 0.2) is 17.2 Å². The predicted molar refractivity (Wildman–Crippen MR) is 114 cm³/mol. The van der Waals surface area contributed by atoms with Crippen molar-refractivity contribution in [3.05, 3.63) is 70.5 Å². The molecule has 0 aliphatic carbocycles. The molecule has 0 radical (unpaired) electrons. The van der Waals surface area contributed by atoms with Crippen molar-refractivity contribution < 1.29 is 27.4 Å². The molecule has 170 valence electrons. The first-order chi connectivity index (χ1) is 15.2. The van der Waals surface area contributed by atoms with Gasteiger partial charge in [-0.15, -0.1) is 0 Å². The molecule has 6 nitrogen and oxygen atoms in total. The summed E-state index contributed by atoms with van der Waals surface area (Å²) in [4.78, 5) is 14.4. The lowest BCUT2D eigenvalue weighted by molar-refractivity contribution is -0.143. The van der Waals surface area contributed by atoms with Gasteiger partial charge in [-0.1, -0.05) is 23.7 Å². The van der Waals surface area contributed by atoms with Crippen molar-refractivity contribution in [1.29, 1.82) is 0 Å². The van der Waals surface area contributed by atoms with Gasteiger partial charge in [0, 0.05) is 18.1 Å². The summed E-state index contributed by atoms with van der Waals surface area (Å²) in [5, 5.41) is 4.10. The van der Waals surface area contributed by atoms with Crippen molar-refractivity contribution in [1.82, 2.24) is 14.7 Å². The van der Waals surface area contributed by atoms with Gasteiger partial charge in [-0.2, -0.15) is 18.3 Å². The molecule has 1 aromatic heterocycles. The van der Waals surface area contributed by atoms with Crippen LogP contribution in [0.2, 0.25) is 5.02 Å². The number of hydrogen-bond acceptors (Lipinski definition) is 4. The third-order valence-electron chi connectivity index (χ3n) is 4.81. The molecule has 2 aromatic carbocycles. The minimum atomic E-state index is -4.81. The van der Waals surface area contributed by atoms with E-state index < -0.39 is 23.3 Å². The number of hydrogen-bond donors (Lipinski definition) is 0. The number of aromatic nitrogens is 2. The Hall–Kier alpha value is -3.20. The molecular weight excluding hydrogens is 447 g/mol. The minimum Gasteiger partial charge on any atom is -0.493 e. The molecule has 0 atom stereocenters. The van der Waals surface area contributed by atoms with E-state index in [-0.39, 0.29) is 23.8 Å². The Labute approximate surface area is 188 Å². The topological polar surface area (TPSA) is 56.6 Å². The van der Waals surface area contributed by atoms with E-state index in [1.165, 1.54) is 43.4 Å². The number of amides is 1. The number of ether oxygens (including phenoxy) is 2. The lowest BCUT2D eigenvalue weighted by Crippen LogP contribution is -2.32. The van der Waals surface area contributed by atoms with Crippen LogP contribution in [0.5, 0.6) is 11.5 Å². The summed E-state index contributed by atoms with van der Waals surface area (Å²) in [6.07, 6.45) is -3.88. The second kappa shape index (κ2) is 9.52. The van der Waals surface area contributed by atoms with Gasteiger partial charge in [-0.3, -0.25) is 4.79 Å². The van der Waals surface area contributed by atoms with Crippen LogP contribution >= 0.6 is 11.6 Å². The summed E-state index contributed by atoms with van der Waals surface area (Å²) >= 11 is 5.92. The number of rotatable bonds is 7. The Balaban J connectivity index is 1.98. The first-order valence-electron chi connectivity index (χ1n) is 9.61. The Morgan fingerprint density at radius 2 is 1.84 bits per heavy atom. The third kappa shape index (κ3) is 4.83. The van der Waals surface area contributed by atoms with Gasteiger partial charge in [0.25, 0.3) is 5.91 Å². The van der Waals surface area contributed by atoms with Crippen LogP contribution < -0.4 is 9.47 Å². The number of carbonyl (C=O) groups is 1. The molecule has 1 amide bonds. The lowest BCUT2D eigenvalue weighted by atomic mass is 10.1. The molecule has 0 saturated heterocycles. The highest BCUT2D eigenvalue weighted by atomic mass is 35.5. The molecule has 0 aliphatic heterocycles. The summed E-state index contributed by atoms with van der Waals surface area (Å²) in [7, 11) is 2.97. The molecule has 0 bridgehead atoms. The van der Waals surface area contributed by atoms with Crippen LogP contribution in [0.3, 0.4) is 0 Å². The predicted octanol–water partition coefficient (Wildman–Crippen LogP) is 5.22. The van der Waals surface area contributed by atoms with Gasteiger partial charge in [0.05, 0.1) is 31.7 Å². The third-order valence-corrected chi connectivity index (χ3v) is 5.05. The lowest BCUT2D eigenvalue weighted by Gasteiger charge is -2.22. The number of halogens is 4. The zero-order valence-electron chi connectivity index (χ0n) is 17.6. The van der Waals surface area contributed by atoms with Crippen molar-refractivity contribution in [2.45, 2.75) is 19.6 Å². The van der Waals surface area contributed by atoms with Crippen LogP contribution in [0, 0.1) is 0 Å². The van der Waals surface area contributed by atoms with Gasteiger partial charge >= 0.3 is 6.18 Å². The second-order valence-electron chi connectivity index (χ2n) is 6.80. The number of carbonyl (C=O) groups excluding carboxylic acids is 1. The molecule has 0 N–H and O–H groups in total. The van der Waals surface area contributed by atoms with E-state index in [9.17, 15) is 18.0 Å². The summed E-state index contributed by atoms with van der Waals surface area (Å²) < 4.78 is 53.1. The van der Waals surface area contributed by atoms with E-state index in [1.807, 2.05) is 0 Å². The zero-order valence-corrected chi connectivity index (χ0v) is 18.4. The highest BCUT2D eigenvalue weighted by Gasteiger charge is 2.41. The maximum atomic E-state index is 14.0. The average Bonchev–Trinajstić information content (AvgIpc) is 3.22. The molecule has 0 spiro atoms. The standard InChI is InChI=1S/C22H21ClF3N3O3/c1-4-28(13-14-8-9-18(31-2)19(10-14)32-3)21(30)17-12-27-29(20(17)22(24,25)26)16-7-5-6-15(23)11-16/h5-12H,4,13H2,1-3H3. The van der Waals surface area contributed by atoms with Gasteiger partial charge in [0.2, 0.25) is 0 Å². The highest BCUT2D eigenvalue weighted by molar-refractivity contribution is 6.30. The van der Waals surface area contributed by atoms with Crippen LogP contribution in [0.4, 0.5) is 13.2 Å². The van der Waals surface area contributed by atoms with Crippen molar-refractivity contribution in [3.8, 4) is 17.2 Å². The maximum absolute atomic E-state index is 14.0. The molecule has 0 fully saturated rings.